The molecule has 0 spiro atoms. The van der Waals surface area contributed by atoms with E-state index >= 15 is 0 Å². The minimum absolute atomic E-state index is 0.172. The molecule has 1 saturated carbocycles. The Balaban J connectivity index is 1.80. The summed E-state index contributed by atoms with van der Waals surface area (Å²) in [6.45, 7) is 0.810. The molecule has 2 atom stereocenters. The number of ether oxygens (including phenoxy) is 1. The van der Waals surface area contributed by atoms with Gasteiger partial charge >= 0.3 is 0 Å². The van der Waals surface area contributed by atoms with Crippen LogP contribution >= 0.6 is 0 Å². The summed E-state index contributed by atoms with van der Waals surface area (Å²) in [6.07, 6.45) is 0.0962. The molecular formula is C16H21F2NO2. The molecule has 1 fully saturated rings. The number of carbonyl (C=O) groups excluding carboxylic acids is 1. The predicted octanol–water partition coefficient (Wildman–Crippen LogP) is 3.13. The highest BCUT2D eigenvalue weighted by Crippen LogP contribution is 2.41. The smallest absolute Gasteiger partial charge is 0.248 e. The Labute approximate surface area is 123 Å². The van der Waals surface area contributed by atoms with Gasteiger partial charge in [0.15, 0.2) is 0 Å². The average molecular weight is 297 g/mol. The molecule has 0 bridgehead atoms. The van der Waals surface area contributed by atoms with Gasteiger partial charge in [0.05, 0.1) is 6.61 Å². The van der Waals surface area contributed by atoms with Crippen LogP contribution in [0.3, 0.4) is 0 Å². The van der Waals surface area contributed by atoms with Crippen LogP contribution in [0.25, 0.3) is 0 Å². The number of hydrogen-bond donors (Lipinski definition) is 1. The first-order valence-corrected chi connectivity index (χ1v) is 7.27. The summed E-state index contributed by atoms with van der Waals surface area (Å²) >= 11 is 0. The molecule has 1 amide bonds. The Morgan fingerprint density at radius 2 is 2.05 bits per heavy atom. The number of primary amides is 1. The van der Waals surface area contributed by atoms with E-state index in [1.807, 2.05) is 30.3 Å². The van der Waals surface area contributed by atoms with Gasteiger partial charge in [0.2, 0.25) is 11.8 Å². The zero-order valence-corrected chi connectivity index (χ0v) is 11.9. The lowest BCUT2D eigenvalue weighted by Crippen LogP contribution is -2.39. The largest absolute Gasteiger partial charge is 0.377 e. The van der Waals surface area contributed by atoms with Crippen molar-refractivity contribution in [3.05, 3.63) is 35.9 Å². The van der Waals surface area contributed by atoms with E-state index in [-0.39, 0.29) is 25.2 Å². The summed E-state index contributed by atoms with van der Waals surface area (Å²) < 4.78 is 32.5. The van der Waals surface area contributed by atoms with Gasteiger partial charge in [-0.2, -0.15) is 0 Å². The van der Waals surface area contributed by atoms with Crippen LogP contribution in [0.2, 0.25) is 0 Å². The van der Waals surface area contributed by atoms with Crippen LogP contribution in [-0.2, 0) is 16.1 Å². The minimum atomic E-state index is -2.68. The van der Waals surface area contributed by atoms with Gasteiger partial charge < -0.3 is 10.5 Å². The second-order valence-corrected chi connectivity index (χ2v) is 5.69. The normalized spacial score (nSPS) is 24.7. The van der Waals surface area contributed by atoms with Gasteiger partial charge in [0.25, 0.3) is 0 Å². The SMILES string of the molecule is NC(=O)C1CCC(F)(F)CC1CCOCc1ccccc1. The molecule has 3 nitrogen and oxygen atoms in total. The molecule has 116 valence electrons. The van der Waals surface area contributed by atoms with Crippen LogP contribution in [0, 0.1) is 11.8 Å². The van der Waals surface area contributed by atoms with Crippen molar-refractivity contribution in [2.24, 2.45) is 17.6 Å². The third kappa shape index (κ3) is 4.77. The van der Waals surface area contributed by atoms with E-state index in [0.29, 0.717) is 19.6 Å². The van der Waals surface area contributed by atoms with Gasteiger partial charge in [-0.15, -0.1) is 0 Å². The molecule has 1 aliphatic carbocycles. The van der Waals surface area contributed by atoms with Crippen LogP contribution in [-0.4, -0.2) is 18.4 Å². The van der Waals surface area contributed by atoms with E-state index in [0.717, 1.165) is 5.56 Å². The van der Waals surface area contributed by atoms with Crippen LogP contribution < -0.4 is 5.73 Å². The Morgan fingerprint density at radius 1 is 1.33 bits per heavy atom. The number of amides is 1. The van der Waals surface area contributed by atoms with Gasteiger partial charge in [0, 0.05) is 25.4 Å². The third-order valence-corrected chi connectivity index (χ3v) is 4.06. The van der Waals surface area contributed by atoms with Gasteiger partial charge in [0.1, 0.15) is 0 Å². The molecule has 1 aromatic rings. The molecule has 2 rings (SSSR count). The number of carbonyl (C=O) groups is 1. The lowest BCUT2D eigenvalue weighted by atomic mass is 9.75. The fourth-order valence-electron chi connectivity index (χ4n) is 2.91. The molecule has 1 aromatic carbocycles. The van der Waals surface area contributed by atoms with Crippen LogP contribution in [0.4, 0.5) is 8.78 Å². The number of halogens is 2. The van der Waals surface area contributed by atoms with E-state index in [2.05, 4.69) is 0 Å². The molecule has 0 heterocycles. The van der Waals surface area contributed by atoms with Crippen LogP contribution in [0.15, 0.2) is 30.3 Å². The minimum Gasteiger partial charge on any atom is -0.377 e. The summed E-state index contributed by atoms with van der Waals surface area (Å²) in [7, 11) is 0. The molecule has 1 aliphatic rings. The highest BCUT2D eigenvalue weighted by molar-refractivity contribution is 5.77. The fraction of sp³-hybridized carbons (Fsp3) is 0.562. The first-order valence-electron chi connectivity index (χ1n) is 7.27. The van der Waals surface area contributed by atoms with Crippen molar-refractivity contribution in [2.75, 3.05) is 6.61 Å². The molecule has 2 N–H and O–H groups in total. The van der Waals surface area contributed by atoms with Gasteiger partial charge in [-0.3, -0.25) is 4.79 Å². The third-order valence-electron chi connectivity index (χ3n) is 4.06. The molecule has 0 aliphatic heterocycles. The quantitative estimate of drug-likeness (QED) is 0.820. The van der Waals surface area contributed by atoms with Crippen molar-refractivity contribution in [3.63, 3.8) is 0 Å². The molecule has 0 aromatic heterocycles. The summed E-state index contributed by atoms with van der Waals surface area (Å²) in [4.78, 5) is 11.4. The summed E-state index contributed by atoms with van der Waals surface area (Å²) in [5.41, 5.74) is 6.36. The molecule has 0 saturated heterocycles. The second-order valence-electron chi connectivity index (χ2n) is 5.69. The molecule has 0 radical (unpaired) electrons. The Morgan fingerprint density at radius 3 is 2.71 bits per heavy atom. The maximum Gasteiger partial charge on any atom is 0.248 e. The Hall–Kier alpha value is -1.49. The van der Waals surface area contributed by atoms with E-state index in [1.54, 1.807) is 0 Å². The topological polar surface area (TPSA) is 52.3 Å². The molecule has 5 heteroatoms. The zero-order valence-electron chi connectivity index (χ0n) is 11.9. The fourth-order valence-corrected chi connectivity index (χ4v) is 2.91. The highest BCUT2D eigenvalue weighted by Gasteiger charge is 2.43. The van der Waals surface area contributed by atoms with Crippen molar-refractivity contribution < 1.29 is 18.3 Å². The van der Waals surface area contributed by atoms with Crippen molar-refractivity contribution in [1.29, 1.82) is 0 Å². The second kappa shape index (κ2) is 6.98. The van der Waals surface area contributed by atoms with E-state index in [9.17, 15) is 13.6 Å². The number of nitrogens with two attached hydrogens (primary N) is 1. The molecular weight excluding hydrogens is 276 g/mol. The van der Waals surface area contributed by atoms with E-state index in [4.69, 9.17) is 10.5 Å². The maximum absolute atomic E-state index is 13.5. The van der Waals surface area contributed by atoms with E-state index in [1.165, 1.54) is 0 Å². The van der Waals surface area contributed by atoms with Gasteiger partial charge in [-0.05, 0) is 24.3 Å². The summed E-state index contributed by atoms with van der Waals surface area (Å²) in [5.74, 6) is -4.00. The predicted molar refractivity (Wildman–Crippen MR) is 75.7 cm³/mol. The molecule has 2 unspecified atom stereocenters. The number of rotatable bonds is 6. The van der Waals surface area contributed by atoms with Crippen molar-refractivity contribution in [1.82, 2.24) is 0 Å². The summed E-state index contributed by atoms with van der Waals surface area (Å²) in [5, 5.41) is 0. The Bertz CT molecular complexity index is 465. The van der Waals surface area contributed by atoms with Crippen LogP contribution in [0.1, 0.15) is 31.2 Å². The zero-order chi connectivity index (χ0) is 15.3. The average Bonchev–Trinajstić information content (AvgIpc) is 2.43. The first kappa shape index (κ1) is 15.9. The van der Waals surface area contributed by atoms with Gasteiger partial charge in [-0.1, -0.05) is 30.3 Å². The number of benzene rings is 1. The van der Waals surface area contributed by atoms with Crippen LogP contribution in [0.5, 0.6) is 0 Å². The maximum atomic E-state index is 13.5. The van der Waals surface area contributed by atoms with Gasteiger partial charge in [-0.25, -0.2) is 8.78 Å². The molecule has 21 heavy (non-hydrogen) atoms. The lowest BCUT2D eigenvalue weighted by Gasteiger charge is -2.34. The first-order chi connectivity index (χ1) is 9.98. The number of alkyl halides is 2. The number of hydrogen-bond acceptors (Lipinski definition) is 2. The lowest BCUT2D eigenvalue weighted by molar-refractivity contribution is -0.131. The van der Waals surface area contributed by atoms with Crippen molar-refractivity contribution >= 4 is 5.91 Å². The monoisotopic (exact) mass is 297 g/mol. The highest BCUT2D eigenvalue weighted by atomic mass is 19.3. The Kier molecular flexibility index (Phi) is 5.28. The van der Waals surface area contributed by atoms with Crippen molar-refractivity contribution in [2.45, 2.75) is 38.2 Å². The van der Waals surface area contributed by atoms with E-state index < -0.39 is 17.7 Å². The van der Waals surface area contributed by atoms with Crippen molar-refractivity contribution in [3.8, 4) is 0 Å². The summed E-state index contributed by atoms with van der Waals surface area (Å²) in [6, 6.07) is 9.65. The standard InChI is InChI=1S/C16H21F2NO2/c17-16(18)8-6-14(15(19)20)13(10-16)7-9-21-11-12-4-2-1-3-5-12/h1-5,13-14H,6-11H2,(H2,19,20).